The standard InChI is InChI=1S/C12H22N2O2/c1-3-6-14(7-8-16-2)12(15)10-13-9-11-4-5-11/h3,11,13H,1,4-10H2,2H3. The van der Waals surface area contributed by atoms with Crippen molar-refractivity contribution in [1.29, 1.82) is 0 Å². The van der Waals surface area contributed by atoms with Crippen LogP contribution < -0.4 is 5.32 Å². The largest absolute Gasteiger partial charge is 0.383 e. The smallest absolute Gasteiger partial charge is 0.236 e. The SMILES string of the molecule is C=CCN(CCOC)C(=O)CNCC1CC1. The van der Waals surface area contributed by atoms with E-state index < -0.39 is 0 Å². The molecule has 0 aromatic rings. The van der Waals surface area contributed by atoms with Crippen molar-refractivity contribution in [3.8, 4) is 0 Å². The van der Waals surface area contributed by atoms with Crippen LogP contribution in [-0.2, 0) is 9.53 Å². The van der Waals surface area contributed by atoms with Gasteiger partial charge >= 0.3 is 0 Å². The van der Waals surface area contributed by atoms with Crippen LogP contribution in [0.1, 0.15) is 12.8 Å². The van der Waals surface area contributed by atoms with E-state index in [-0.39, 0.29) is 5.91 Å². The van der Waals surface area contributed by atoms with Gasteiger partial charge in [0.25, 0.3) is 0 Å². The van der Waals surface area contributed by atoms with Gasteiger partial charge in [-0.1, -0.05) is 6.08 Å². The number of carbonyl (C=O) groups excluding carboxylic acids is 1. The molecule has 16 heavy (non-hydrogen) atoms. The Morgan fingerprint density at radius 1 is 1.62 bits per heavy atom. The van der Waals surface area contributed by atoms with Crippen molar-refractivity contribution >= 4 is 5.91 Å². The van der Waals surface area contributed by atoms with Gasteiger partial charge in [0.15, 0.2) is 0 Å². The fourth-order valence-corrected chi connectivity index (χ4v) is 1.49. The van der Waals surface area contributed by atoms with E-state index in [0.717, 1.165) is 12.5 Å². The monoisotopic (exact) mass is 226 g/mol. The van der Waals surface area contributed by atoms with Crippen LogP contribution in [-0.4, -0.2) is 50.7 Å². The number of nitrogens with zero attached hydrogens (tertiary/aromatic N) is 1. The highest BCUT2D eigenvalue weighted by Crippen LogP contribution is 2.27. The van der Waals surface area contributed by atoms with Crippen LogP contribution in [0, 0.1) is 5.92 Å². The summed E-state index contributed by atoms with van der Waals surface area (Å²) in [5, 5.41) is 3.20. The zero-order valence-corrected chi connectivity index (χ0v) is 10.1. The molecule has 1 amide bonds. The Bertz CT molecular complexity index is 227. The molecule has 1 aliphatic carbocycles. The number of hydrogen-bond acceptors (Lipinski definition) is 3. The molecule has 1 aliphatic rings. The van der Waals surface area contributed by atoms with Gasteiger partial charge in [0, 0.05) is 20.2 Å². The molecule has 1 saturated carbocycles. The van der Waals surface area contributed by atoms with Gasteiger partial charge in [-0.25, -0.2) is 0 Å². The summed E-state index contributed by atoms with van der Waals surface area (Å²) in [4.78, 5) is 13.6. The Balaban J connectivity index is 2.18. The van der Waals surface area contributed by atoms with E-state index in [0.29, 0.717) is 26.2 Å². The normalized spacial score (nSPS) is 14.8. The van der Waals surface area contributed by atoms with Crippen molar-refractivity contribution < 1.29 is 9.53 Å². The van der Waals surface area contributed by atoms with Crippen LogP contribution in [0.25, 0.3) is 0 Å². The van der Waals surface area contributed by atoms with E-state index in [9.17, 15) is 4.79 Å². The highest BCUT2D eigenvalue weighted by Gasteiger charge is 2.21. The van der Waals surface area contributed by atoms with E-state index >= 15 is 0 Å². The molecule has 0 aliphatic heterocycles. The molecule has 92 valence electrons. The summed E-state index contributed by atoms with van der Waals surface area (Å²) in [5.74, 6) is 0.928. The molecular weight excluding hydrogens is 204 g/mol. The first-order valence-electron chi connectivity index (χ1n) is 5.86. The fraction of sp³-hybridized carbons (Fsp3) is 0.750. The lowest BCUT2D eigenvalue weighted by molar-refractivity contribution is -0.130. The Morgan fingerprint density at radius 2 is 2.38 bits per heavy atom. The molecule has 0 radical (unpaired) electrons. The maximum absolute atomic E-state index is 11.8. The molecule has 4 heteroatoms. The molecular formula is C12H22N2O2. The minimum absolute atomic E-state index is 0.123. The van der Waals surface area contributed by atoms with Crippen molar-refractivity contribution in [2.45, 2.75) is 12.8 Å². The third-order valence-corrected chi connectivity index (χ3v) is 2.67. The van der Waals surface area contributed by atoms with E-state index in [4.69, 9.17) is 4.74 Å². The van der Waals surface area contributed by atoms with Crippen LogP contribution >= 0.6 is 0 Å². The zero-order valence-electron chi connectivity index (χ0n) is 10.1. The highest BCUT2D eigenvalue weighted by molar-refractivity contribution is 5.78. The number of methoxy groups -OCH3 is 1. The maximum atomic E-state index is 11.8. The minimum Gasteiger partial charge on any atom is -0.383 e. The number of hydrogen-bond donors (Lipinski definition) is 1. The molecule has 0 saturated heterocycles. The second kappa shape index (κ2) is 7.41. The van der Waals surface area contributed by atoms with Gasteiger partial charge < -0.3 is 15.0 Å². The quantitative estimate of drug-likeness (QED) is 0.587. The molecule has 0 aromatic carbocycles. The summed E-state index contributed by atoms with van der Waals surface area (Å²) in [5.41, 5.74) is 0. The summed E-state index contributed by atoms with van der Waals surface area (Å²) in [7, 11) is 1.64. The van der Waals surface area contributed by atoms with Crippen molar-refractivity contribution in [2.75, 3.05) is 39.9 Å². The van der Waals surface area contributed by atoms with Crippen molar-refractivity contribution in [3.05, 3.63) is 12.7 Å². The van der Waals surface area contributed by atoms with E-state index in [1.807, 2.05) is 0 Å². The lowest BCUT2D eigenvalue weighted by Gasteiger charge is -2.20. The molecule has 0 heterocycles. The van der Waals surface area contributed by atoms with Crippen molar-refractivity contribution in [2.24, 2.45) is 5.92 Å². The maximum Gasteiger partial charge on any atom is 0.236 e. The Kier molecular flexibility index (Phi) is 6.11. The number of ether oxygens (including phenoxy) is 1. The van der Waals surface area contributed by atoms with E-state index in [1.54, 1.807) is 18.1 Å². The number of amides is 1. The van der Waals surface area contributed by atoms with Gasteiger partial charge in [-0.15, -0.1) is 6.58 Å². The van der Waals surface area contributed by atoms with Gasteiger partial charge in [0.2, 0.25) is 5.91 Å². The Hall–Kier alpha value is -0.870. The molecule has 0 bridgehead atoms. The van der Waals surface area contributed by atoms with Gasteiger partial charge in [0.05, 0.1) is 13.2 Å². The number of carbonyl (C=O) groups is 1. The molecule has 0 atom stereocenters. The molecule has 0 unspecified atom stereocenters. The third kappa shape index (κ3) is 5.28. The zero-order chi connectivity index (χ0) is 11.8. The summed E-state index contributed by atoms with van der Waals surface area (Å²) >= 11 is 0. The van der Waals surface area contributed by atoms with Crippen LogP contribution in [0.15, 0.2) is 12.7 Å². The van der Waals surface area contributed by atoms with Crippen LogP contribution in [0.4, 0.5) is 0 Å². The molecule has 1 rings (SSSR count). The predicted octanol–water partition coefficient (Wildman–Crippen LogP) is 0.647. The minimum atomic E-state index is 0.123. The van der Waals surface area contributed by atoms with Gasteiger partial charge in [-0.05, 0) is 25.3 Å². The van der Waals surface area contributed by atoms with E-state index in [2.05, 4.69) is 11.9 Å². The third-order valence-electron chi connectivity index (χ3n) is 2.67. The topological polar surface area (TPSA) is 41.6 Å². The van der Waals surface area contributed by atoms with Crippen LogP contribution in [0.5, 0.6) is 0 Å². The Morgan fingerprint density at radius 3 is 2.94 bits per heavy atom. The first-order valence-corrected chi connectivity index (χ1v) is 5.86. The first-order chi connectivity index (χ1) is 7.77. The summed E-state index contributed by atoms with van der Waals surface area (Å²) in [6.45, 7) is 6.84. The van der Waals surface area contributed by atoms with Crippen molar-refractivity contribution in [3.63, 3.8) is 0 Å². The number of rotatable bonds is 9. The summed E-state index contributed by atoms with van der Waals surface area (Å²) in [6, 6.07) is 0. The molecule has 4 nitrogen and oxygen atoms in total. The van der Waals surface area contributed by atoms with E-state index in [1.165, 1.54) is 12.8 Å². The van der Waals surface area contributed by atoms with Crippen LogP contribution in [0.3, 0.4) is 0 Å². The lowest BCUT2D eigenvalue weighted by Crippen LogP contribution is -2.40. The van der Waals surface area contributed by atoms with Gasteiger partial charge in [-0.2, -0.15) is 0 Å². The molecule has 1 fully saturated rings. The first kappa shape index (κ1) is 13.2. The van der Waals surface area contributed by atoms with Gasteiger partial charge in [-0.3, -0.25) is 4.79 Å². The predicted molar refractivity (Wildman–Crippen MR) is 64.2 cm³/mol. The highest BCUT2D eigenvalue weighted by atomic mass is 16.5. The summed E-state index contributed by atoms with van der Waals surface area (Å²) in [6.07, 6.45) is 4.36. The van der Waals surface area contributed by atoms with Crippen molar-refractivity contribution in [1.82, 2.24) is 10.2 Å². The Labute approximate surface area is 97.6 Å². The molecule has 1 N–H and O–H groups in total. The lowest BCUT2D eigenvalue weighted by atomic mass is 10.4. The second-order valence-corrected chi connectivity index (χ2v) is 4.20. The molecule has 0 aromatic heterocycles. The fourth-order valence-electron chi connectivity index (χ4n) is 1.49. The second-order valence-electron chi connectivity index (χ2n) is 4.20. The van der Waals surface area contributed by atoms with Crippen LogP contribution in [0.2, 0.25) is 0 Å². The molecule has 0 spiro atoms. The number of nitrogens with one attached hydrogen (secondary N) is 1. The average Bonchev–Trinajstić information content (AvgIpc) is 3.08. The average molecular weight is 226 g/mol. The van der Waals surface area contributed by atoms with Gasteiger partial charge in [0.1, 0.15) is 0 Å². The summed E-state index contributed by atoms with van der Waals surface area (Å²) < 4.78 is 4.97.